The summed E-state index contributed by atoms with van der Waals surface area (Å²) in [6.07, 6.45) is 3.06. The summed E-state index contributed by atoms with van der Waals surface area (Å²) in [5.74, 6) is 0. The minimum atomic E-state index is 0.110. The molecule has 3 heteroatoms. The highest BCUT2D eigenvalue weighted by Gasteiger charge is 2.20. The van der Waals surface area contributed by atoms with Crippen LogP contribution in [0.2, 0.25) is 0 Å². The van der Waals surface area contributed by atoms with Crippen LogP contribution in [0.25, 0.3) is 10.9 Å². The van der Waals surface area contributed by atoms with Gasteiger partial charge in [-0.2, -0.15) is 0 Å². The molecule has 2 rings (SSSR count). The highest BCUT2D eigenvalue weighted by atomic mass is 16.5. The van der Waals surface area contributed by atoms with Crippen molar-refractivity contribution in [3.63, 3.8) is 0 Å². The number of rotatable bonds is 6. The number of nitrogens with one attached hydrogen (secondary N) is 1. The summed E-state index contributed by atoms with van der Waals surface area (Å²) in [6.45, 7) is 5.24. The second kappa shape index (κ2) is 6.64. The van der Waals surface area contributed by atoms with Crippen molar-refractivity contribution >= 4 is 10.9 Å². The van der Waals surface area contributed by atoms with Crippen molar-refractivity contribution in [2.45, 2.75) is 32.4 Å². The van der Waals surface area contributed by atoms with E-state index in [4.69, 9.17) is 4.74 Å². The molecule has 0 bridgehead atoms. The van der Waals surface area contributed by atoms with Crippen molar-refractivity contribution in [2.75, 3.05) is 13.7 Å². The first-order chi connectivity index (χ1) is 9.27. The summed E-state index contributed by atoms with van der Waals surface area (Å²) in [7, 11) is 1.75. The van der Waals surface area contributed by atoms with Crippen LogP contribution in [-0.4, -0.2) is 24.7 Å². The van der Waals surface area contributed by atoms with Crippen molar-refractivity contribution in [3.05, 3.63) is 42.1 Å². The Balaban J connectivity index is 2.43. The van der Waals surface area contributed by atoms with Gasteiger partial charge in [0.2, 0.25) is 0 Å². The van der Waals surface area contributed by atoms with Crippen LogP contribution >= 0.6 is 0 Å². The molecule has 3 nitrogen and oxygen atoms in total. The second-order valence-electron chi connectivity index (χ2n) is 4.79. The first kappa shape index (κ1) is 14.0. The van der Waals surface area contributed by atoms with Crippen molar-refractivity contribution in [3.8, 4) is 0 Å². The maximum absolute atomic E-state index is 5.52. The molecule has 0 saturated carbocycles. The van der Waals surface area contributed by atoms with E-state index in [0.717, 1.165) is 18.5 Å². The first-order valence-electron chi connectivity index (χ1n) is 6.87. The Bertz CT molecular complexity index is 522. The molecule has 0 saturated heterocycles. The summed E-state index contributed by atoms with van der Waals surface area (Å²) in [4.78, 5) is 4.53. The first-order valence-corrected chi connectivity index (χ1v) is 6.87. The van der Waals surface area contributed by atoms with Crippen LogP contribution in [0.1, 0.15) is 31.9 Å². The predicted molar refractivity (Wildman–Crippen MR) is 79.2 cm³/mol. The Labute approximate surface area is 115 Å². The van der Waals surface area contributed by atoms with E-state index in [1.165, 1.54) is 10.9 Å². The summed E-state index contributed by atoms with van der Waals surface area (Å²) >= 11 is 0. The van der Waals surface area contributed by atoms with Gasteiger partial charge in [0.05, 0.1) is 17.7 Å². The van der Waals surface area contributed by atoms with Crippen LogP contribution in [0.3, 0.4) is 0 Å². The highest BCUT2D eigenvalue weighted by Crippen LogP contribution is 2.25. The molecule has 2 unspecified atom stereocenters. The van der Waals surface area contributed by atoms with Crippen LogP contribution in [-0.2, 0) is 4.74 Å². The van der Waals surface area contributed by atoms with Crippen LogP contribution in [0.4, 0.5) is 0 Å². The van der Waals surface area contributed by atoms with E-state index in [1.54, 1.807) is 7.11 Å². The quantitative estimate of drug-likeness (QED) is 0.863. The molecule has 0 aliphatic carbocycles. The second-order valence-corrected chi connectivity index (χ2v) is 4.79. The van der Waals surface area contributed by atoms with Crippen molar-refractivity contribution < 1.29 is 4.74 Å². The van der Waals surface area contributed by atoms with E-state index >= 15 is 0 Å². The van der Waals surface area contributed by atoms with Gasteiger partial charge in [0, 0.05) is 18.7 Å². The molecule has 2 atom stereocenters. The van der Waals surface area contributed by atoms with Crippen molar-refractivity contribution in [1.82, 2.24) is 10.3 Å². The van der Waals surface area contributed by atoms with E-state index in [2.05, 4.69) is 48.4 Å². The number of methoxy groups -OCH3 is 1. The lowest BCUT2D eigenvalue weighted by Gasteiger charge is -2.25. The minimum absolute atomic E-state index is 0.110. The van der Waals surface area contributed by atoms with Crippen LogP contribution < -0.4 is 5.32 Å². The number of aromatic nitrogens is 1. The highest BCUT2D eigenvalue weighted by molar-refractivity contribution is 5.82. The number of hydrogen-bond acceptors (Lipinski definition) is 3. The van der Waals surface area contributed by atoms with Gasteiger partial charge in [-0.15, -0.1) is 0 Å². The zero-order chi connectivity index (χ0) is 13.7. The molecule has 0 spiro atoms. The predicted octanol–water partition coefficient (Wildman–Crippen LogP) is 3.31. The maximum Gasteiger partial charge on any atom is 0.0750 e. The number of nitrogens with zero attached hydrogens (tertiary/aromatic N) is 1. The third kappa shape index (κ3) is 3.11. The van der Waals surface area contributed by atoms with Crippen LogP contribution in [0.15, 0.2) is 36.5 Å². The van der Waals surface area contributed by atoms with E-state index < -0.39 is 0 Å². The molecule has 1 aromatic carbocycles. The SMILES string of the molecule is CCCNC(c1cccc2cccnc12)C(C)OC. The number of hydrogen-bond donors (Lipinski definition) is 1. The molecule has 1 heterocycles. The van der Waals surface area contributed by atoms with E-state index in [1.807, 2.05) is 12.3 Å². The van der Waals surface area contributed by atoms with Gasteiger partial charge in [0.15, 0.2) is 0 Å². The average molecular weight is 258 g/mol. The van der Waals surface area contributed by atoms with Gasteiger partial charge in [-0.1, -0.05) is 31.2 Å². The number of pyridine rings is 1. The fourth-order valence-electron chi connectivity index (χ4n) is 2.34. The molecule has 102 valence electrons. The van der Waals surface area contributed by atoms with Gasteiger partial charge in [-0.05, 0) is 31.5 Å². The molecule has 0 fully saturated rings. The van der Waals surface area contributed by atoms with Gasteiger partial charge in [0.25, 0.3) is 0 Å². The smallest absolute Gasteiger partial charge is 0.0750 e. The molecule has 1 N–H and O–H groups in total. The lowest BCUT2D eigenvalue weighted by molar-refractivity contribution is 0.0834. The summed E-state index contributed by atoms with van der Waals surface area (Å²) in [6, 6.07) is 10.6. The molecule has 2 aromatic rings. The lowest BCUT2D eigenvalue weighted by atomic mass is 9.99. The zero-order valence-electron chi connectivity index (χ0n) is 11.9. The Morgan fingerprint density at radius 3 is 2.79 bits per heavy atom. The number of fused-ring (bicyclic) bond motifs is 1. The van der Waals surface area contributed by atoms with Crippen molar-refractivity contribution in [2.24, 2.45) is 0 Å². The molecule has 19 heavy (non-hydrogen) atoms. The molecule has 1 aromatic heterocycles. The average Bonchev–Trinajstić information content (AvgIpc) is 2.47. The molecule has 0 radical (unpaired) electrons. The number of para-hydroxylation sites is 1. The van der Waals surface area contributed by atoms with E-state index in [0.29, 0.717) is 0 Å². The molecular formula is C16H22N2O. The van der Waals surface area contributed by atoms with Gasteiger partial charge in [-0.3, -0.25) is 4.98 Å². The standard InChI is InChI=1S/C16H22N2O/c1-4-10-17-15(12(2)19-3)14-9-5-7-13-8-6-11-18-16(13)14/h5-9,11-12,15,17H,4,10H2,1-3H3. The Morgan fingerprint density at radius 2 is 2.05 bits per heavy atom. The monoisotopic (exact) mass is 258 g/mol. The fourth-order valence-corrected chi connectivity index (χ4v) is 2.34. The minimum Gasteiger partial charge on any atom is -0.380 e. The van der Waals surface area contributed by atoms with Crippen LogP contribution in [0, 0.1) is 0 Å². The Kier molecular flexibility index (Phi) is 4.88. The molecule has 0 aliphatic heterocycles. The van der Waals surface area contributed by atoms with Gasteiger partial charge in [-0.25, -0.2) is 0 Å². The summed E-state index contributed by atoms with van der Waals surface area (Å²) in [5, 5.41) is 4.74. The normalized spacial score (nSPS) is 14.5. The summed E-state index contributed by atoms with van der Waals surface area (Å²) < 4.78 is 5.52. The molecular weight excluding hydrogens is 236 g/mol. The van der Waals surface area contributed by atoms with E-state index in [9.17, 15) is 0 Å². The summed E-state index contributed by atoms with van der Waals surface area (Å²) in [5.41, 5.74) is 2.27. The third-order valence-corrected chi connectivity index (χ3v) is 3.45. The number of ether oxygens (including phenoxy) is 1. The van der Waals surface area contributed by atoms with Gasteiger partial charge >= 0.3 is 0 Å². The molecule has 0 amide bonds. The number of benzene rings is 1. The Hall–Kier alpha value is -1.45. The fraction of sp³-hybridized carbons (Fsp3) is 0.438. The van der Waals surface area contributed by atoms with Gasteiger partial charge < -0.3 is 10.1 Å². The van der Waals surface area contributed by atoms with Crippen LogP contribution in [0.5, 0.6) is 0 Å². The van der Waals surface area contributed by atoms with Crippen molar-refractivity contribution in [1.29, 1.82) is 0 Å². The Morgan fingerprint density at radius 1 is 1.26 bits per heavy atom. The van der Waals surface area contributed by atoms with Gasteiger partial charge in [0.1, 0.15) is 0 Å². The molecule has 0 aliphatic rings. The maximum atomic E-state index is 5.52. The largest absolute Gasteiger partial charge is 0.380 e. The zero-order valence-corrected chi connectivity index (χ0v) is 11.9. The topological polar surface area (TPSA) is 34.2 Å². The third-order valence-electron chi connectivity index (χ3n) is 3.45. The lowest BCUT2D eigenvalue weighted by Crippen LogP contribution is -2.32. The van der Waals surface area contributed by atoms with E-state index in [-0.39, 0.29) is 12.1 Å².